The van der Waals surface area contributed by atoms with Gasteiger partial charge in [-0.2, -0.15) is 0 Å². The lowest BCUT2D eigenvalue weighted by atomic mass is 10.0. The quantitative estimate of drug-likeness (QED) is 0.0411. The fourth-order valence-corrected chi connectivity index (χ4v) is 5.96. The normalized spacial score (nSPS) is 12.2. The van der Waals surface area contributed by atoms with E-state index in [0.717, 1.165) is 38.5 Å². The zero-order valence-electron chi connectivity index (χ0n) is 30.9. The summed E-state index contributed by atoms with van der Waals surface area (Å²) >= 11 is 0. The molecule has 1 atom stereocenters. The number of rotatable bonds is 37. The third-order valence-corrected chi connectivity index (χ3v) is 9.06. The van der Waals surface area contributed by atoms with E-state index in [9.17, 15) is 14.7 Å². The minimum Gasteiger partial charge on any atom is -0.462 e. The molecule has 5 nitrogen and oxygen atoms in total. The molecule has 0 aliphatic rings. The van der Waals surface area contributed by atoms with E-state index < -0.39 is 6.10 Å². The van der Waals surface area contributed by atoms with Crippen LogP contribution in [0.5, 0.6) is 0 Å². The Kier molecular flexibility index (Phi) is 37.0. The molecule has 0 bridgehead atoms. The van der Waals surface area contributed by atoms with Crippen molar-refractivity contribution < 1.29 is 24.2 Å². The van der Waals surface area contributed by atoms with E-state index in [4.69, 9.17) is 9.47 Å². The van der Waals surface area contributed by atoms with E-state index >= 15 is 0 Å². The van der Waals surface area contributed by atoms with Crippen molar-refractivity contribution in [3.05, 3.63) is 12.2 Å². The summed E-state index contributed by atoms with van der Waals surface area (Å²) in [6, 6.07) is 0. The second kappa shape index (κ2) is 38.1. The van der Waals surface area contributed by atoms with E-state index in [1.807, 2.05) is 0 Å². The van der Waals surface area contributed by atoms with Gasteiger partial charge >= 0.3 is 11.9 Å². The maximum Gasteiger partial charge on any atom is 0.306 e. The Morgan fingerprint density at radius 1 is 0.478 bits per heavy atom. The van der Waals surface area contributed by atoms with Crippen LogP contribution in [0.3, 0.4) is 0 Å². The second-order valence-corrected chi connectivity index (χ2v) is 13.7. The van der Waals surface area contributed by atoms with Crippen molar-refractivity contribution >= 4 is 11.9 Å². The van der Waals surface area contributed by atoms with Crippen LogP contribution in [0.2, 0.25) is 0 Å². The van der Waals surface area contributed by atoms with Crippen LogP contribution in [0.15, 0.2) is 12.2 Å². The van der Waals surface area contributed by atoms with Gasteiger partial charge in [-0.3, -0.25) is 9.59 Å². The monoisotopic (exact) mass is 651 g/mol. The minimum atomic E-state index is -0.768. The summed E-state index contributed by atoms with van der Waals surface area (Å²) in [5.74, 6) is -0.591. The Morgan fingerprint density at radius 3 is 1.22 bits per heavy atom. The van der Waals surface area contributed by atoms with Gasteiger partial charge in [-0.05, 0) is 38.5 Å². The molecule has 0 fully saturated rings. The zero-order valence-corrected chi connectivity index (χ0v) is 30.9. The van der Waals surface area contributed by atoms with Crippen molar-refractivity contribution in [2.75, 3.05) is 13.2 Å². The van der Waals surface area contributed by atoms with Gasteiger partial charge in [-0.1, -0.05) is 180 Å². The van der Waals surface area contributed by atoms with Crippen molar-refractivity contribution in [3.63, 3.8) is 0 Å². The molecule has 0 heterocycles. The smallest absolute Gasteiger partial charge is 0.306 e. The molecule has 0 spiro atoms. The molecule has 0 aromatic heterocycles. The summed E-state index contributed by atoms with van der Waals surface area (Å²) in [6.45, 7) is 4.12. The summed E-state index contributed by atoms with van der Waals surface area (Å²) in [5, 5.41) is 9.54. The Labute approximate surface area is 286 Å². The standard InChI is InChI=1S/C41H78O5/c1-3-5-7-9-11-13-15-17-18-19-20-21-22-23-24-26-27-29-31-33-35-40(43)45-38-39(37-42)46-41(44)36-34-32-30-28-25-16-14-12-10-8-6-4-2/h12,14,39,42H,3-11,13,15-38H2,1-2H3/b14-12+/t39-/m0/s1. The number of hydrogen-bond donors (Lipinski definition) is 1. The molecule has 5 heteroatoms. The highest BCUT2D eigenvalue weighted by molar-refractivity contribution is 5.70. The first-order chi connectivity index (χ1) is 22.6. The maximum atomic E-state index is 12.1. The molecule has 46 heavy (non-hydrogen) atoms. The lowest BCUT2D eigenvalue weighted by molar-refractivity contribution is -0.161. The molecule has 0 radical (unpaired) electrons. The van der Waals surface area contributed by atoms with Gasteiger partial charge in [-0.15, -0.1) is 0 Å². The van der Waals surface area contributed by atoms with E-state index in [1.54, 1.807) is 0 Å². The molecular weight excluding hydrogens is 572 g/mol. The van der Waals surface area contributed by atoms with Crippen molar-refractivity contribution in [2.45, 2.75) is 225 Å². The fraction of sp³-hybridized carbons (Fsp3) is 0.902. The van der Waals surface area contributed by atoms with Gasteiger partial charge < -0.3 is 14.6 Å². The number of unbranched alkanes of at least 4 members (excludes halogenated alkanes) is 27. The molecule has 0 amide bonds. The highest BCUT2D eigenvalue weighted by Crippen LogP contribution is 2.15. The van der Waals surface area contributed by atoms with E-state index in [1.165, 1.54) is 154 Å². The Hall–Kier alpha value is -1.36. The number of aliphatic hydroxyl groups excluding tert-OH is 1. The number of allylic oxidation sites excluding steroid dienone is 2. The van der Waals surface area contributed by atoms with Crippen molar-refractivity contribution in [1.29, 1.82) is 0 Å². The molecule has 0 aliphatic heterocycles. The largest absolute Gasteiger partial charge is 0.462 e. The number of aliphatic hydroxyl groups is 1. The highest BCUT2D eigenvalue weighted by atomic mass is 16.6. The minimum absolute atomic E-state index is 0.0633. The van der Waals surface area contributed by atoms with Crippen LogP contribution in [0.4, 0.5) is 0 Å². The van der Waals surface area contributed by atoms with E-state index in [0.29, 0.717) is 12.8 Å². The molecular formula is C41H78O5. The molecule has 0 aliphatic carbocycles. The van der Waals surface area contributed by atoms with Crippen molar-refractivity contribution in [2.24, 2.45) is 0 Å². The number of hydrogen-bond acceptors (Lipinski definition) is 5. The molecule has 0 aromatic rings. The van der Waals surface area contributed by atoms with E-state index in [2.05, 4.69) is 26.0 Å². The molecule has 272 valence electrons. The Bertz CT molecular complexity index is 661. The van der Waals surface area contributed by atoms with Crippen LogP contribution in [0.1, 0.15) is 219 Å². The highest BCUT2D eigenvalue weighted by Gasteiger charge is 2.16. The predicted molar refractivity (Wildman–Crippen MR) is 196 cm³/mol. The molecule has 1 N–H and O–H groups in total. The second-order valence-electron chi connectivity index (χ2n) is 13.7. The van der Waals surface area contributed by atoms with Gasteiger partial charge in [-0.25, -0.2) is 0 Å². The summed E-state index contributed by atoms with van der Waals surface area (Å²) in [4.78, 5) is 24.2. The topological polar surface area (TPSA) is 72.8 Å². The lowest BCUT2D eigenvalue weighted by Crippen LogP contribution is -2.28. The summed E-state index contributed by atoms with van der Waals surface area (Å²) in [6.07, 6.45) is 42.8. The van der Waals surface area contributed by atoms with Gasteiger partial charge in [0.1, 0.15) is 6.61 Å². The van der Waals surface area contributed by atoms with Gasteiger partial charge in [0.15, 0.2) is 6.10 Å². The van der Waals surface area contributed by atoms with Crippen LogP contribution in [0, 0.1) is 0 Å². The van der Waals surface area contributed by atoms with Crippen LogP contribution in [-0.4, -0.2) is 36.4 Å². The Balaban J connectivity index is 3.48. The first-order valence-electron chi connectivity index (χ1n) is 20.2. The van der Waals surface area contributed by atoms with Crippen LogP contribution in [0.25, 0.3) is 0 Å². The SMILES string of the molecule is CCCCC/C=C/CCCCCCCC(=O)O[C@@H](CO)COC(=O)CCCCCCCCCCCCCCCCCCCCCC. The van der Waals surface area contributed by atoms with Crippen LogP contribution < -0.4 is 0 Å². The fourth-order valence-electron chi connectivity index (χ4n) is 5.96. The van der Waals surface area contributed by atoms with Gasteiger partial charge in [0.05, 0.1) is 6.61 Å². The van der Waals surface area contributed by atoms with Crippen molar-refractivity contribution in [3.8, 4) is 0 Å². The van der Waals surface area contributed by atoms with Gasteiger partial charge in [0.25, 0.3) is 0 Å². The average Bonchev–Trinajstić information content (AvgIpc) is 3.06. The molecule has 0 unspecified atom stereocenters. The first-order valence-corrected chi connectivity index (χ1v) is 20.2. The molecule has 0 saturated heterocycles. The van der Waals surface area contributed by atoms with Crippen LogP contribution >= 0.6 is 0 Å². The number of carbonyl (C=O) groups excluding carboxylic acids is 2. The Morgan fingerprint density at radius 2 is 0.804 bits per heavy atom. The van der Waals surface area contributed by atoms with Gasteiger partial charge in [0, 0.05) is 12.8 Å². The number of esters is 2. The summed E-state index contributed by atoms with van der Waals surface area (Å²) in [5.41, 5.74) is 0. The van der Waals surface area contributed by atoms with E-state index in [-0.39, 0.29) is 25.2 Å². The maximum absolute atomic E-state index is 12.1. The molecule has 0 saturated carbocycles. The first kappa shape index (κ1) is 44.6. The predicted octanol–water partition coefficient (Wildman–Crippen LogP) is 12.5. The number of ether oxygens (including phenoxy) is 2. The van der Waals surface area contributed by atoms with Crippen LogP contribution in [-0.2, 0) is 19.1 Å². The third-order valence-electron chi connectivity index (χ3n) is 9.06. The van der Waals surface area contributed by atoms with Gasteiger partial charge in [0.2, 0.25) is 0 Å². The summed E-state index contributed by atoms with van der Waals surface area (Å²) < 4.78 is 10.6. The molecule has 0 rings (SSSR count). The number of carbonyl (C=O) groups is 2. The molecule has 0 aromatic carbocycles. The zero-order chi connectivity index (χ0) is 33.6. The summed E-state index contributed by atoms with van der Waals surface area (Å²) in [7, 11) is 0. The lowest BCUT2D eigenvalue weighted by Gasteiger charge is -2.15. The van der Waals surface area contributed by atoms with Crippen molar-refractivity contribution in [1.82, 2.24) is 0 Å². The average molecular weight is 651 g/mol. The third kappa shape index (κ3) is 35.5.